The summed E-state index contributed by atoms with van der Waals surface area (Å²) in [6.45, 7) is 8.68. The SMILES string of the molecule is CC(C)N[C@@]12CCN(C1)C(=O)OCC=CCOC(=O)N1CC[C@@](C(=O)C(C)C)(C1)NCC2=O. The van der Waals surface area contributed by atoms with Crippen LogP contribution in [0.2, 0.25) is 0 Å². The number of hydrogen-bond acceptors (Lipinski definition) is 8. The Bertz CT molecular complexity index is 813. The van der Waals surface area contributed by atoms with Crippen molar-refractivity contribution in [1.29, 1.82) is 0 Å². The van der Waals surface area contributed by atoms with Crippen LogP contribution >= 0.6 is 0 Å². The Kier molecular flexibility index (Phi) is 7.79. The lowest BCUT2D eigenvalue weighted by Crippen LogP contribution is -2.63. The number of carbonyl (C=O) groups excluding carboxylic acids is 4. The lowest BCUT2D eigenvalue weighted by Gasteiger charge is -2.35. The molecule has 3 aliphatic rings. The number of carbonyl (C=O) groups is 4. The number of rotatable bonds is 4. The quantitative estimate of drug-likeness (QED) is 0.594. The van der Waals surface area contributed by atoms with Gasteiger partial charge in [0.15, 0.2) is 11.6 Å². The van der Waals surface area contributed by atoms with E-state index in [0.29, 0.717) is 25.9 Å². The van der Waals surface area contributed by atoms with Gasteiger partial charge in [-0.2, -0.15) is 0 Å². The molecule has 3 aliphatic heterocycles. The van der Waals surface area contributed by atoms with Crippen molar-refractivity contribution in [3.05, 3.63) is 12.2 Å². The first-order valence-electron chi connectivity index (χ1n) is 11.7. The molecule has 10 nitrogen and oxygen atoms in total. The maximum atomic E-state index is 13.5. The Morgan fingerprint density at radius 3 is 2.12 bits per heavy atom. The number of cyclic esters (lactones) is 2. The molecule has 0 aromatic carbocycles. The van der Waals surface area contributed by atoms with E-state index >= 15 is 0 Å². The highest BCUT2D eigenvalue weighted by molar-refractivity contribution is 5.95. The van der Waals surface area contributed by atoms with Gasteiger partial charge in [-0.15, -0.1) is 0 Å². The summed E-state index contributed by atoms with van der Waals surface area (Å²) in [7, 11) is 0. The zero-order valence-electron chi connectivity index (χ0n) is 20.0. The van der Waals surface area contributed by atoms with Crippen LogP contribution in [-0.4, -0.2) is 96.6 Å². The highest BCUT2D eigenvalue weighted by Crippen LogP contribution is 2.28. The number of nitrogens with one attached hydrogen (secondary N) is 2. The van der Waals surface area contributed by atoms with E-state index in [-0.39, 0.29) is 56.4 Å². The predicted molar refractivity (Wildman–Crippen MR) is 121 cm³/mol. The Morgan fingerprint density at radius 1 is 0.970 bits per heavy atom. The molecule has 3 rings (SSSR count). The summed E-state index contributed by atoms with van der Waals surface area (Å²) in [4.78, 5) is 54.8. The number of ketones is 2. The van der Waals surface area contributed by atoms with Crippen LogP contribution < -0.4 is 10.6 Å². The van der Waals surface area contributed by atoms with Gasteiger partial charge in [0.05, 0.1) is 17.6 Å². The second-order valence-electron chi connectivity index (χ2n) is 9.73. The first-order chi connectivity index (χ1) is 15.6. The molecule has 2 N–H and O–H groups in total. The van der Waals surface area contributed by atoms with Gasteiger partial charge in [-0.25, -0.2) is 9.59 Å². The normalized spacial score (nSPS) is 29.5. The van der Waals surface area contributed by atoms with Crippen molar-refractivity contribution in [1.82, 2.24) is 20.4 Å². The van der Waals surface area contributed by atoms with Gasteiger partial charge in [0.1, 0.15) is 13.2 Å². The van der Waals surface area contributed by atoms with Crippen LogP contribution in [-0.2, 0) is 19.1 Å². The molecule has 2 fully saturated rings. The van der Waals surface area contributed by atoms with Crippen LogP contribution in [0.3, 0.4) is 0 Å². The zero-order chi connectivity index (χ0) is 24.2. The molecular weight excluding hydrogens is 428 g/mol. The summed E-state index contributed by atoms with van der Waals surface area (Å²) in [5.41, 5.74) is -1.94. The zero-order valence-corrected chi connectivity index (χ0v) is 20.0. The molecule has 33 heavy (non-hydrogen) atoms. The van der Waals surface area contributed by atoms with E-state index in [1.54, 1.807) is 12.2 Å². The van der Waals surface area contributed by atoms with Crippen LogP contribution in [0.5, 0.6) is 0 Å². The topological polar surface area (TPSA) is 117 Å². The predicted octanol–water partition coefficient (Wildman–Crippen LogP) is 1.10. The molecule has 0 aliphatic carbocycles. The van der Waals surface area contributed by atoms with E-state index in [4.69, 9.17) is 9.47 Å². The number of amides is 2. The number of fused-ring (bicyclic) bond motifs is 4. The Labute approximate surface area is 195 Å². The molecule has 2 amide bonds. The van der Waals surface area contributed by atoms with E-state index in [2.05, 4.69) is 10.6 Å². The molecule has 4 bridgehead atoms. The molecule has 0 saturated carbocycles. The highest BCUT2D eigenvalue weighted by Gasteiger charge is 2.50. The Morgan fingerprint density at radius 2 is 1.55 bits per heavy atom. The van der Waals surface area contributed by atoms with E-state index in [1.165, 1.54) is 9.80 Å². The van der Waals surface area contributed by atoms with Gasteiger partial charge in [0, 0.05) is 38.1 Å². The van der Waals surface area contributed by atoms with Crippen molar-refractivity contribution in [2.75, 3.05) is 45.9 Å². The second-order valence-corrected chi connectivity index (χ2v) is 9.73. The fourth-order valence-electron chi connectivity index (χ4n) is 4.87. The summed E-state index contributed by atoms with van der Waals surface area (Å²) in [5.74, 6) is -0.418. The third-order valence-corrected chi connectivity index (χ3v) is 6.51. The van der Waals surface area contributed by atoms with Gasteiger partial charge in [-0.3, -0.25) is 14.9 Å². The van der Waals surface area contributed by atoms with Crippen molar-refractivity contribution in [3.63, 3.8) is 0 Å². The molecule has 10 heteroatoms. The standard InChI is InChI=1S/C23H36N4O6/c1-16(2)19(29)23-8-10-27(15-23)21(31)33-12-6-5-11-32-20(30)26-9-7-22(14-26,25-17(3)4)18(28)13-24-23/h5-6,16-17,24-25H,7-15H2,1-4H3/t22-,23-/m0/s1. The van der Waals surface area contributed by atoms with Gasteiger partial charge in [0.25, 0.3) is 0 Å². The van der Waals surface area contributed by atoms with E-state index < -0.39 is 23.3 Å². The van der Waals surface area contributed by atoms with Gasteiger partial charge in [-0.05, 0) is 38.8 Å². The second kappa shape index (κ2) is 10.2. The Balaban J connectivity index is 1.89. The Hall–Kier alpha value is -2.46. The van der Waals surface area contributed by atoms with Gasteiger partial charge in [0.2, 0.25) is 0 Å². The van der Waals surface area contributed by atoms with Crippen LogP contribution in [0.25, 0.3) is 0 Å². The maximum absolute atomic E-state index is 13.5. The van der Waals surface area contributed by atoms with Crippen molar-refractivity contribution >= 4 is 23.8 Å². The van der Waals surface area contributed by atoms with E-state index in [9.17, 15) is 19.2 Å². The molecule has 0 aromatic rings. The molecule has 0 aromatic heterocycles. The lowest BCUT2D eigenvalue weighted by molar-refractivity contribution is -0.129. The molecule has 3 heterocycles. The van der Waals surface area contributed by atoms with Gasteiger partial charge in [-0.1, -0.05) is 13.8 Å². The average molecular weight is 465 g/mol. The number of hydrogen-bond donors (Lipinski definition) is 2. The molecular formula is C23H36N4O6. The third kappa shape index (κ3) is 5.55. The van der Waals surface area contributed by atoms with Crippen LogP contribution in [0.15, 0.2) is 12.2 Å². The summed E-state index contributed by atoms with van der Waals surface area (Å²) < 4.78 is 10.6. The van der Waals surface area contributed by atoms with Crippen LogP contribution in [0.1, 0.15) is 40.5 Å². The van der Waals surface area contributed by atoms with Crippen molar-refractivity contribution < 1.29 is 28.7 Å². The maximum Gasteiger partial charge on any atom is 0.410 e. The minimum atomic E-state index is -1.01. The highest BCUT2D eigenvalue weighted by atomic mass is 16.6. The summed E-state index contributed by atoms with van der Waals surface area (Å²) in [5, 5.41) is 6.59. The van der Waals surface area contributed by atoms with Crippen LogP contribution in [0.4, 0.5) is 9.59 Å². The fourth-order valence-corrected chi connectivity index (χ4v) is 4.87. The third-order valence-electron chi connectivity index (χ3n) is 6.51. The molecule has 2 atom stereocenters. The van der Waals surface area contributed by atoms with Crippen LogP contribution in [0, 0.1) is 5.92 Å². The summed E-state index contributed by atoms with van der Waals surface area (Å²) in [6.07, 6.45) is 3.08. The van der Waals surface area contributed by atoms with Crippen molar-refractivity contribution in [2.24, 2.45) is 5.92 Å². The first kappa shape index (κ1) is 25.2. The smallest absolute Gasteiger partial charge is 0.410 e. The van der Waals surface area contributed by atoms with E-state index in [0.717, 1.165) is 0 Å². The molecule has 0 unspecified atom stereocenters. The van der Waals surface area contributed by atoms with Gasteiger partial charge < -0.3 is 24.6 Å². The molecule has 0 radical (unpaired) electrons. The van der Waals surface area contributed by atoms with Crippen molar-refractivity contribution in [2.45, 2.75) is 57.7 Å². The molecule has 184 valence electrons. The first-order valence-corrected chi connectivity index (χ1v) is 11.7. The average Bonchev–Trinajstić information content (AvgIpc) is 3.39. The summed E-state index contributed by atoms with van der Waals surface area (Å²) in [6, 6.07) is 0.0185. The fraction of sp³-hybridized carbons (Fsp3) is 0.739. The largest absolute Gasteiger partial charge is 0.445 e. The monoisotopic (exact) mass is 464 g/mol. The number of ether oxygens (including phenoxy) is 2. The van der Waals surface area contributed by atoms with Gasteiger partial charge >= 0.3 is 12.2 Å². The minimum Gasteiger partial charge on any atom is -0.445 e. The number of Topliss-reactive ketones (excluding diaryl/α,β-unsaturated/α-hetero) is 2. The lowest BCUT2D eigenvalue weighted by atomic mass is 9.85. The van der Waals surface area contributed by atoms with E-state index in [1.807, 2.05) is 27.7 Å². The number of nitrogens with zero attached hydrogens (tertiary/aromatic N) is 2. The molecule has 2 saturated heterocycles. The minimum absolute atomic E-state index is 0.0185. The van der Waals surface area contributed by atoms with Crippen molar-refractivity contribution in [3.8, 4) is 0 Å². The molecule has 0 spiro atoms. The summed E-state index contributed by atoms with van der Waals surface area (Å²) >= 11 is 0.